The van der Waals surface area contributed by atoms with E-state index in [-0.39, 0.29) is 24.0 Å². The molecule has 3 rings (SSSR count). The van der Waals surface area contributed by atoms with Crippen LogP contribution in [0.3, 0.4) is 0 Å². The van der Waals surface area contributed by atoms with Crippen molar-refractivity contribution < 1.29 is 13.2 Å². The molecule has 10 heteroatoms. The molecule has 0 aliphatic carbocycles. The molecule has 0 saturated heterocycles. The average Bonchev–Trinajstić information content (AvgIpc) is 3.25. The van der Waals surface area contributed by atoms with Crippen LogP contribution in [0.15, 0.2) is 59.9 Å². The summed E-state index contributed by atoms with van der Waals surface area (Å²) in [4.78, 5) is 8.31. The number of alkyl halides is 3. The molecule has 3 N–H and O–H groups in total. The van der Waals surface area contributed by atoms with Crippen LogP contribution in [-0.4, -0.2) is 34.7 Å². The van der Waals surface area contributed by atoms with Crippen LogP contribution in [0.2, 0.25) is 0 Å². The van der Waals surface area contributed by atoms with E-state index >= 15 is 0 Å². The quantitative estimate of drug-likeness (QED) is 0.256. The van der Waals surface area contributed by atoms with Crippen molar-refractivity contribution in [1.82, 2.24) is 25.8 Å². The third-order valence-electron chi connectivity index (χ3n) is 4.29. The number of aromatic amines is 1. The zero-order valence-corrected chi connectivity index (χ0v) is 18.5. The molecule has 0 fully saturated rings. The highest BCUT2D eigenvalue weighted by molar-refractivity contribution is 14.0. The normalized spacial score (nSPS) is 11.7. The fourth-order valence-corrected chi connectivity index (χ4v) is 2.77. The Morgan fingerprint density at radius 1 is 1.07 bits per heavy atom. The van der Waals surface area contributed by atoms with E-state index < -0.39 is 11.7 Å². The van der Waals surface area contributed by atoms with Crippen LogP contribution < -0.4 is 10.6 Å². The van der Waals surface area contributed by atoms with Crippen LogP contribution in [0.5, 0.6) is 0 Å². The standard InChI is InChI=1S/C20H21F3N6.HI/c1-24-19(25-10-9-14-5-7-17(8-6-14)20(21,22)23)26-12-15-3-2-4-16(11-15)18-27-13-28-29-18;/h2-8,11,13H,9-10,12H2,1H3,(H2,24,25,26)(H,27,28,29);1H. The van der Waals surface area contributed by atoms with Crippen molar-refractivity contribution in [3.8, 4) is 11.4 Å². The van der Waals surface area contributed by atoms with Gasteiger partial charge in [-0.25, -0.2) is 4.98 Å². The Morgan fingerprint density at radius 3 is 2.47 bits per heavy atom. The van der Waals surface area contributed by atoms with Gasteiger partial charge >= 0.3 is 6.18 Å². The Labute approximate surface area is 189 Å². The van der Waals surface area contributed by atoms with E-state index in [1.165, 1.54) is 18.5 Å². The van der Waals surface area contributed by atoms with Crippen molar-refractivity contribution >= 4 is 29.9 Å². The summed E-state index contributed by atoms with van der Waals surface area (Å²) in [6.07, 6.45) is -2.27. The highest BCUT2D eigenvalue weighted by Gasteiger charge is 2.29. The van der Waals surface area contributed by atoms with Crippen molar-refractivity contribution in [2.45, 2.75) is 19.1 Å². The second kappa shape index (κ2) is 11.0. The van der Waals surface area contributed by atoms with Gasteiger partial charge in [-0.2, -0.15) is 18.3 Å². The van der Waals surface area contributed by atoms with Gasteiger partial charge in [-0.3, -0.25) is 10.1 Å². The number of aromatic nitrogens is 3. The maximum absolute atomic E-state index is 12.6. The first-order valence-corrected chi connectivity index (χ1v) is 9.01. The second-order valence-corrected chi connectivity index (χ2v) is 6.33. The molecular weight excluding hydrogens is 508 g/mol. The van der Waals surface area contributed by atoms with E-state index in [1.54, 1.807) is 7.05 Å². The molecule has 0 spiro atoms. The molecule has 30 heavy (non-hydrogen) atoms. The van der Waals surface area contributed by atoms with Crippen LogP contribution in [-0.2, 0) is 19.1 Å². The Morgan fingerprint density at radius 2 is 1.83 bits per heavy atom. The molecule has 160 valence electrons. The van der Waals surface area contributed by atoms with Crippen molar-refractivity contribution in [3.63, 3.8) is 0 Å². The highest BCUT2D eigenvalue weighted by Crippen LogP contribution is 2.29. The maximum Gasteiger partial charge on any atom is 0.416 e. The van der Waals surface area contributed by atoms with Crippen LogP contribution in [0.4, 0.5) is 13.2 Å². The maximum atomic E-state index is 12.6. The van der Waals surface area contributed by atoms with Crippen molar-refractivity contribution in [2.75, 3.05) is 13.6 Å². The molecule has 1 heterocycles. The molecule has 0 saturated carbocycles. The third kappa shape index (κ3) is 6.71. The molecule has 1 aromatic heterocycles. The van der Waals surface area contributed by atoms with Crippen LogP contribution >= 0.6 is 24.0 Å². The Hall–Kier alpha value is -2.63. The summed E-state index contributed by atoms with van der Waals surface area (Å²) in [7, 11) is 1.67. The van der Waals surface area contributed by atoms with E-state index in [4.69, 9.17) is 0 Å². The third-order valence-corrected chi connectivity index (χ3v) is 4.29. The molecule has 0 bridgehead atoms. The number of hydrogen-bond donors (Lipinski definition) is 3. The number of rotatable bonds is 6. The summed E-state index contributed by atoms with van der Waals surface area (Å²) in [5, 5.41) is 13.1. The topological polar surface area (TPSA) is 78.0 Å². The predicted molar refractivity (Wildman–Crippen MR) is 121 cm³/mol. The van der Waals surface area contributed by atoms with Gasteiger partial charge in [0, 0.05) is 25.7 Å². The lowest BCUT2D eigenvalue weighted by Gasteiger charge is -2.13. The number of halogens is 4. The van der Waals surface area contributed by atoms with E-state index in [0.29, 0.717) is 31.3 Å². The summed E-state index contributed by atoms with van der Waals surface area (Å²) in [5.41, 5.74) is 2.16. The number of nitrogens with one attached hydrogen (secondary N) is 3. The summed E-state index contributed by atoms with van der Waals surface area (Å²) in [6.45, 7) is 1.10. The Bertz CT molecular complexity index is 940. The van der Waals surface area contributed by atoms with E-state index in [0.717, 1.165) is 28.8 Å². The lowest BCUT2D eigenvalue weighted by molar-refractivity contribution is -0.137. The van der Waals surface area contributed by atoms with Gasteiger partial charge < -0.3 is 10.6 Å². The van der Waals surface area contributed by atoms with Gasteiger partial charge in [0.2, 0.25) is 0 Å². The largest absolute Gasteiger partial charge is 0.416 e. The number of benzene rings is 2. The Balaban J connectivity index is 0.00000320. The van der Waals surface area contributed by atoms with Gasteiger partial charge in [0.1, 0.15) is 6.33 Å². The number of nitrogens with zero attached hydrogens (tertiary/aromatic N) is 3. The van der Waals surface area contributed by atoms with E-state index in [2.05, 4.69) is 30.8 Å². The SMILES string of the molecule is CN=C(NCCc1ccc(C(F)(F)F)cc1)NCc1cccc(-c2ncn[nH]2)c1.I. The first-order chi connectivity index (χ1) is 14.0. The van der Waals surface area contributed by atoms with Gasteiger partial charge in [-0.15, -0.1) is 24.0 Å². The number of H-pyrrole nitrogens is 1. The minimum Gasteiger partial charge on any atom is -0.356 e. The minimum absolute atomic E-state index is 0. The smallest absolute Gasteiger partial charge is 0.356 e. The zero-order valence-electron chi connectivity index (χ0n) is 16.2. The molecule has 2 aromatic carbocycles. The number of guanidine groups is 1. The predicted octanol–water partition coefficient (Wildman–Crippen LogP) is 4.02. The van der Waals surface area contributed by atoms with Gasteiger partial charge in [-0.05, 0) is 35.7 Å². The van der Waals surface area contributed by atoms with Crippen LogP contribution in [0, 0.1) is 0 Å². The lowest BCUT2D eigenvalue weighted by Crippen LogP contribution is -2.37. The van der Waals surface area contributed by atoms with E-state index in [1.807, 2.05) is 24.3 Å². The Kier molecular flexibility index (Phi) is 8.63. The zero-order chi connectivity index (χ0) is 20.7. The summed E-state index contributed by atoms with van der Waals surface area (Å²) >= 11 is 0. The summed E-state index contributed by atoms with van der Waals surface area (Å²) in [6, 6.07) is 13.1. The molecule has 0 amide bonds. The molecule has 0 radical (unpaired) electrons. The van der Waals surface area contributed by atoms with Crippen molar-refractivity contribution in [1.29, 1.82) is 0 Å². The van der Waals surface area contributed by atoms with Crippen LogP contribution in [0.25, 0.3) is 11.4 Å². The first-order valence-electron chi connectivity index (χ1n) is 9.01. The van der Waals surface area contributed by atoms with Gasteiger partial charge in [-0.1, -0.05) is 30.3 Å². The first kappa shape index (κ1) is 23.6. The summed E-state index contributed by atoms with van der Waals surface area (Å²) < 4.78 is 37.8. The summed E-state index contributed by atoms with van der Waals surface area (Å²) in [5.74, 6) is 1.31. The molecule has 0 unspecified atom stereocenters. The molecule has 0 atom stereocenters. The number of aliphatic imine (C=N–C) groups is 1. The second-order valence-electron chi connectivity index (χ2n) is 6.33. The minimum atomic E-state index is -4.31. The fraction of sp³-hybridized carbons (Fsp3) is 0.250. The number of hydrogen-bond acceptors (Lipinski definition) is 3. The molecular formula is C20H22F3IN6. The van der Waals surface area contributed by atoms with Gasteiger partial charge in [0.05, 0.1) is 5.56 Å². The van der Waals surface area contributed by atoms with E-state index in [9.17, 15) is 13.2 Å². The molecule has 3 aromatic rings. The molecule has 0 aliphatic rings. The van der Waals surface area contributed by atoms with Gasteiger partial charge in [0.25, 0.3) is 0 Å². The highest BCUT2D eigenvalue weighted by atomic mass is 127. The van der Waals surface area contributed by atoms with Crippen molar-refractivity contribution in [2.24, 2.45) is 4.99 Å². The fourth-order valence-electron chi connectivity index (χ4n) is 2.77. The van der Waals surface area contributed by atoms with Crippen molar-refractivity contribution in [3.05, 3.63) is 71.5 Å². The van der Waals surface area contributed by atoms with Crippen LogP contribution in [0.1, 0.15) is 16.7 Å². The average molecular weight is 530 g/mol. The molecule has 6 nitrogen and oxygen atoms in total. The lowest BCUT2D eigenvalue weighted by atomic mass is 10.1. The monoisotopic (exact) mass is 530 g/mol. The van der Waals surface area contributed by atoms with Gasteiger partial charge in [0.15, 0.2) is 11.8 Å². The molecule has 0 aliphatic heterocycles.